The van der Waals surface area contributed by atoms with E-state index in [2.05, 4.69) is 16.6 Å². The number of hydrogen-bond donors (Lipinski definition) is 0. The predicted octanol–water partition coefficient (Wildman–Crippen LogP) is 0.952. The summed E-state index contributed by atoms with van der Waals surface area (Å²) in [7, 11) is 0. The fraction of sp³-hybridized carbons (Fsp3) is 0.700. The smallest absolute Gasteiger partial charge is 0.384 e. The van der Waals surface area contributed by atoms with Crippen LogP contribution in [0, 0.1) is 11.8 Å². The molecule has 0 atom stereocenters. The molecule has 0 bridgehead atoms. The van der Waals surface area contributed by atoms with Crippen molar-refractivity contribution in [3.05, 3.63) is 0 Å². The topological polar surface area (TPSA) is 44.8 Å². The van der Waals surface area contributed by atoms with Crippen LogP contribution in [0.15, 0.2) is 0 Å². The summed E-state index contributed by atoms with van der Waals surface area (Å²) < 4.78 is 14.8. The van der Waals surface area contributed by atoms with Gasteiger partial charge in [-0.3, -0.25) is 0 Å². The molecule has 0 aliphatic carbocycles. The second kappa shape index (κ2) is 8.54. The van der Waals surface area contributed by atoms with Gasteiger partial charge in [-0.25, -0.2) is 4.79 Å². The van der Waals surface area contributed by atoms with Gasteiger partial charge < -0.3 is 14.2 Å². The van der Waals surface area contributed by atoms with Gasteiger partial charge in [0.2, 0.25) is 6.29 Å². The molecule has 0 radical (unpaired) electrons. The van der Waals surface area contributed by atoms with Crippen LogP contribution in [0.3, 0.4) is 0 Å². The van der Waals surface area contributed by atoms with Crippen molar-refractivity contribution in [2.24, 2.45) is 0 Å². The summed E-state index contributed by atoms with van der Waals surface area (Å²) in [6.45, 7) is 6.68. The first-order chi connectivity index (χ1) is 6.74. The van der Waals surface area contributed by atoms with E-state index in [0.717, 1.165) is 0 Å². The van der Waals surface area contributed by atoms with E-state index in [4.69, 9.17) is 9.47 Å². The van der Waals surface area contributed by atoms with Gasteiger partial charge in [-0.05, 0) is 26.7 Å². The lowest BCUT2D eigenvalue weighted by atomic mass is 10.5. The molecule has 0 spiro atoms. The van der Waals surface area contributed by atoms with Crippen LogP contribution in [-0.4, -0.2) is 32.1 Å². The van der Waals surface area contributed by atoms with E-state index < -0.39 is 12.3 Å². The number of rotatable bonds is 5. The molecule has 0 aromatic rings. The number of hydrogen-bond acceptors (Lipinski definition) is 4. The lowest BCUT2D eigenvalue weighted by Crippen LogP contribution is -2.15. The largest absolute Gasteiger partial charge is 0.456 e. The van der Waals surface area contributed by atoms with Gasteiger partial charge >= 0.3 is 5.97 Å². The van der Waals surface area contributed by atoms with Crippen LogP contribution in [0.5, 0.6) is 0 Å². The van der Waals surface area contributed by atoms with Gasteiger partial charge in [0.15, 0.2) is 0 Å². The van der Waals surface area contributed by atoms with Crippen LogP contribution in [-0.2, 0) is 19.0 Å². The fourth-order valence-corrected chi connectivity index (χ4v) is 0.719. The van der Waals surface area contributed by atoms with Gasteiger partial charge in [0, 0.05) is 19.1 Å². The molecule has 0 aliphatic rings. The molecule has 0 saturated heterocycles. The third-order valence-electron chi connectivity index (χ3n) is 1.20. The molecule has 0 heterocycles. The molecule has 0 unspecified atom stereocenters. The fourth-order valence-electron chi connectivity index (χ4n) is 0.719. The first kappa shape index (κ1) is 12.9. The minimum atomic E-state index is -0.644. The molecule has 0 aromatic carbocycles. The lowest BCUT2D eigenvalue weighted by molar-refractivity contribution is -0.136. The summed E-state index contributed by atoms with van der Waals surface area (Å²) in [6, 6.07) is 0. The van der Waals surface area contributed by atoms with E-state index in [1.807, 2.05) is 13.8 Å². The third-order valence-corrected chi connectivity index (χ3v) is 1.20. The summed E-state index contributed by atoms with van der Waals surface area (Å²) in [5, 5.41) is 0. The summed E-state index contributed by atoms with van der Waals surface area (Å²) in [5.74, 6) is 4.27. The van der Waals surface area contributed by atoms with Crippen molar-refractivity contribution in [3.63, 3.8) is 0 Å². The van der Waals surface area contributed by atoms with Crippen molar-refractivity contribution in [2.75, 3.05) is 19.8 Å². The number of esters is 1. The third kappa shape index (κ3) is 6.46. The van der Waals surface area contributed by atoms with Crippen molar-refractivity contribution >= 4 is 5.97 Å². The van der Waals surface area contributed by atoms with Crippen molar-refractivity contribution in [1.82, 2.24) is 0 Å². The highest BCUT2D eigenvalue weighted by Gasteiger charge is 2.03. The Bertz CT molecular complexity index is 208. The Kier molecular flexibility index (Phi) is 7.90. The lowest BCUT2D eigenvalue weighted by Gasteiger charge is -2.09. The van der Waals surface area contributed by atoms with Gasteiger partial charge in [0.05, 0.1) is 6.61 Å². The highest BCUT2D eigenvalue weighted by molar-refractivity contribution is 5.88. The average Bonchev–Trinajstić information content (AvgIpc) is 2.15. The monoisotopic (exact) mass is 200 g/mol. The van der Waals surface area contributed by atoms with Crippen molar-refractivity contribution in [1.29, 1.82) is 0 Å². The van der Waals surface area contributed by atoms with Crippen molar-refractivity contribution in [2.45, 2.75) is 27.1 Å². The quantitative estimate of drug-likeness (QED) is 0.287. The Morgan fingerprint density at radius 2 is 1.71 bits per heavy atom. The average molecular weight is 200 g/mol. The molecule has 0 rings (SSSR count). The highest BCUT2D eigenvalue weighted by Crippen LogP contribution is 1.92. The molecule has 14 heavy (non-hydrogen) atoms. The van der Waals surface area contributed by atoms with Crippen LogP contribution < -0.4 is 0 Å². The van der Waals surface area contributed by atoms with E-state index in [0.29, 0.717) is 19.8 Å². The van der Waals surface area contributed by atoms with E-state index >= 15 is 0 Å². The van der Waals surface area contributed by atoms with Crippen LogP contribution in [0.1, 0.15) is 20.8 Å². The van der Waals surface area contributed by atoms with E-state index in [1.54, 1.807) is 6.92 Å². The van der Waals surface area contributed by atoms with Crippen LogP contribution in [0.2, 0.25) is 0 Å². The Balaban J connectivity index is 4.04. The molecule has 0 fully saturated rings. The zero-order valence-corrected chi connectivity index (χ0v) is 8.83. The van der Waals surface area contributed by atoms with Gasteiger partial charge in [-0.15, -0.1) is 0 Å². The SMILES string of the molecule is CCOC(=O)C#CC(OCC)OCC. The van der Waals surface area contributed by atoms with Crippen molar-refractivity contribution < 1.29 is 19.0 Å². The molecule has 0 aromatic heterocycles. The van der Waals surface area contributed by atoms with E-state index in [-0.39, 0.29) is 0 Å². The number of ether oxygens (including phenoxy) is 3. The minimum Gasteiger partial charge on any atom is -0.456 e. The number of carbonyl (C=O) groups is 1. The van der Waals surface area contributed by atoms with Gasteiger partial charge in [0.25, 0.3) is 0 Å². The standard InChI is InChI=1S/C10H16O4/c1-4-12-9(11)7-8-10(13-5-2)14-6-3/h10H,4-6H2,1-3H3. The number of carbonyl (C=O) groups excluding carboxylic acids is 1. The maximum Gasteiger partial charge on any atom is 0.384 e. The van der Waals surface area contributed by atoms with Crippen LogP contribution in [0.4, 0.5) is 0 Å². The summed E-state index contributed by atoms with van der Waals surface area (Å²) in [5.41, 5.74) is 0. The zero-order valence-electron chi connectivity index (χ0n) is 8.83. The summed E-state index contributed by atoms with van der Waals surface area (Å²) in [4.78, 5) is 10.8. The van der Waals surface area contributed by atoms with Crippen LogP contribution in [0.25, 0.3) is 0 Å². The second-order valence-corrected chi connectivity index (χ2v) is 2.23. The second-order valence-electron chi connectivity index (χ2n) is 2.23. The van der Waals surface area contributed by atoms with Gasteiger partial charge in [-0.2, -0.15) is 0 Å². The maximum atomic E-state index is 10.8. The Morgan fingerprint density at radius 1 is 1.14 bits per heavy atom. The first-order valence-electron chi connectivity index (χ1n) is 4.66. The molecule has 4 nitrogen and oxygen atoms in total. The molecular weight excluding hydrogens is 184 g/mol. The summed E-state index contributed by atoms with van der Waals surface area (Å²) >= 11 is 0. The highest BCUT2D eigenvalue weighted by atomic mass is 16.7. The van der Waals surface area contributed by atoms with E-state index in [1.165, 1.54) is 0 Å². The molecule has 0 N–H and O–H groups in total. The molecule has 0 amide bonds. The maximum absolute atomic E-state index is 10.8. The minimum absolute atomic E-state index is 0.321. The molecular formula is C10H16O4. The zero-order chi connectivity index (χ0) is 10.8. The predicted molar refractivity (Wildman–Crippen MR) is 51.4 cm³/mol. The molecule has 4 heteroatoms. The first-order valence-corrected chi connectivity index (χ1v) is 4.66. The molecule has 80 valence electrons. The van der Waals surface area contributed by atoms with Gasteiger partial charge in [-0.1, -0.05) is 0 Å². The Morgan fingerprint density at radius 3 is 2.14 bits per heavy atom. The Labute approximate surface area is 84.5 Å². The summed E-state index contributed by atoms with van der Waals surface area (Å²) in [6.07, 6.45) is -0.644. The molecule has 0 aliphatic heterocycles. The molecule has 0 saturated carbocycles. The van der Waals surface area contributed by atoms with Gasteiger partial charge in [0.1, 0.15) is 0 Å². The Hall–Kier alpha value is -1.05. The van der Waals surface area contributed by atoms with Crippen molar-refractivity contribution in [3.8, 4) is 11.8 Å². The van der Waals surface area contributed by atoms with Crippen LogP contribution >= 0.6 is 0 Å². The van der Waals surface area contributed by atoms with E-state index in [9.17, 15) is 4.79 Å². The normalized spacial score (nSPS) is 9.43.